The maximum Gasteiger partial charge on any atom is 0.144 e. The van der Waals surface area contributed by atoms with Gasteiger partial charge in [0.15, 0.2) is 0 Å². The maximum atomic E-state index is 7.79. The lowest BCUT2D eigenvalue weighted by molar-refractivity contribution is 0.391. The standard InChI is InChI=1S/C18H27N5/c1-13-9-6-7-10-14(13)16-17(18(19)20)22-15(21-16)11-5-4-8-12-23(2)3/h6-7,9-10H,4-5,8,11-12H2,1-3H3,(H3,19,20)(H,21,22). The highest BCUT2D eigenvalue weighted by Gasteiger charge is 2.15. The second-order valence-corrected chi connectivity index (χ2v) is 6.25. The zero-order valence-electron chi connectivity index (χ0n) is 14.3. The van der Waals surface area contributed by atoms with Crippen LogP contribution in [0.4, 0.5) is 0 Å². The number of amidine groups is 1. The molecule has 0 radical (unpaired) electrons. The second-order valence-electron chi connectivity index (χ2n) is 6.25. The van der Waals surface area contributed by atoms with Gasteiger partial charge >= 0.3 is 0 Å². The number of imidazole rings is 1. The molecule has 124 valence electrons. The Morgan fingerprint density at radius 1 is 1.22 bits per heavy atom. The van der Waals surface area contributed by atoms with Gasteiger partial charge in [0.05, 0.1) is 5.69 Å². The number of H-pyrrole nitrogens is 1. The molecule has 0 fully saturated rings. The molecule has 23 heavy (non-hydrogen) atoms. The molecule has 1 heterocycles. The summed E-state index contributed by atoms with van der Waals surface area (Å²) in [5, 5.41) is 7.79. The first kappa shape index (κ1) is 17.2. The molecule has 2 aromatic rings. The van der Waals surface area contributed by atoms with E-state index in [1.807, 2.05) is 18.2 Å². The van der Waals surface area contributed by atoms with Crippen LogP contribution in [0.15, 0.2) is 24.3 Å². The van der Waals surface area contributed by atoms with Gasteiger partial charge < -0.3 is 15.6 Å². The minimum atomic E-state index is 0.0124. The monoisotopic (exact) mass is 313 g/mol. The van der Waals surface area contributed by atoms with E-state index in [2.05, 4.69) is 42.0 Å². The average Bonchev–Trinajstić information content (AvgIpc) is 2.91. The smallest absolute Gasteiger partial charge is 0.144 e. The van der Waals surface area contributed by atoms with Crippen molar-refractivity contribution in [3.63, 3.8) is 0 Å². The van der Waals surface area contributed by atoms with E-state index >= 15 is 0 Å². The third-order valence-corrected chi connectivity index (χ3v) is 3.94. The number of aryl methyl sites for hydroxylation is 2. The summed E-state index contributed by atoms with van der Waals surface area (Å²) < 4.78 is 0. The van der Waals surface area contributed by atoms with Crippen LogP contribution < -0.4 is 5.73 Å². The van der Waals surface area contributed by atoms with Crippen molar-refractivity contribution in [3.05, 3.63) is 41.3 Å². The number of nitrogens with one attached hydrogen (secondary N) is 2. The Balaban J connectivity index is 2.10. The van der Waals surface area contributed by atoms with Crippen LogP contribution in [0.25, 0.3) is 11.3 Å². The molecule has 0 spiro atoms. The number of benzene rings is 1. The molecular weight excluding hydrogens is 286 g/mol. The summed E-state index contributed by atoms with van der Waals surface area (Å²) in [7, 11) is 4.19. The molecule has 0 saturated heterocycles. The number of hydrogen-bond donors (Lipinski definition) is 3. The Labute approximate surface area is 138 Å². The summed E-state index contributed by atoms with van der Waals surface area (Å²) in [6.45, 7) is 3.17. The first-order chi connectivity index (χ1) is 11.0. The molecule has 0 amide bonds. The van der Waals surface area contributed by atoms with E-state index in [9.17, 15) is 0 Å². The highest BCUT2D eigenvalue weighted by atomic mass is 15.0. The minimum absolute atomic E-state index is 0.0124. The molecule has 5 heteroatoms. The van der Waals surface area contributed by atoms with Gasteiger partial charge in [-0.2, -0.15) is 0 Å². The van der Waals surface area contributed by atoms with E-state index in [4.69, 9.17) is 11.1 Å². The van der Waals surface area contributed by atoms with Gasteiger partial charge in [0.2, 0.25) is 0 Å². The van der Waals surface area contributed by atoms with Crippen molar-refractivity contribution in [1.82, 2.24) is 14.9 Å². The molecule has 4 N–H and O–H groups in total. The summed E-state index contributed by atoms with van der Waals surface area (Å²) in [6, 6.07) is 8.10. The Kier molecular flexibility index (Phi) is 5.93. The predicted molar refractivity (Wildman–Crippen MR) is 95.9 cm³/mol. The molecule has 0 aliphatic heterocycles. The third-order valence-electron chi connectivity index (χ3n) is 3.94. The highest BCUT2D eigenvalue weighted by Crippen LogP contribution is 2.25. The number of aromatic amines is 1. The molecule has 0 atom stereocenters. The summed E-state index contributed by atoms with van der Waals surface area (Å²) in [6.07, 6.45) is 4.34. The quantitative estimate of drug-likeness (QED) is 0.398. The summed E-state index contributed by atoms with van der Waals surface area (Å²) >= 11 is 0. The van der Waals surface area contributed by atoms with Crippen LogP contribution in [0.3, 0.4) is 0 Å². The van der Waals surface area contributed by atoms with Crippen molar-refractivity contribution < 1.29 is 0 Å². The number of rotatable bonds is 8. The van der Waals surface area contributed by atoms with Crippen LogP contribution >= 0.6 is 0 Å². The number of hydrogen-bond acceptors (Lipinski definition) is 3. The number of nitrogen functional groups attached to an aromatic ring is 1. The molecule has 1 aromatic heterocycles. The van der Waals surface area contributed by atoms with Crippen molar-refractivity contribution in [2.75, 3.05) is 20.6 Å². The lowest BCUT2D eigenvalue weighted by Crippen LogP contribution is -2.13. The number of unbranched alkanes of at least 4 members (excludes halogenated alkanes) is 2. The second kappa shape index (κ2) is 7.92. The van der Waals surface area contributed by atoms with Gasteiger partial charge in [0, 0.05) is 12.0 Å². The third kappa shape index (κ3) is 4.66. The molecule has 0 unspecified atom stereocenters. The van der Waals surface area contributed by atoms with Crippen molar-refractivity contribution >= 4 is 5.84 Å². The van der Waals surface area contributed by atoms with Gasteiger partial charge in [-0.05, 0) is 46.0 Å². The van der Waals surface area contributed by atoms with E-state index in [0.29, 0.717) is 5.69 Å². The lowest BCUT2D eigenvalue weighted by atomic mass is 10.0. The maximum absolute atomic E-state index is 7.79. The van der Waals surface area contributed by atoms with E-state index < -0.39 is 0 Å². The predicted octanol–water partition coefficient (Wildman–Crippen LogP) is 2.94. The normalized spacial score (nSPS) is 11.1. The molecule has 2 rings (SSSR count). The Bertz CT molecular complexity index is 657. The van der Waals surface area contributed by atoms with Gasteiger partial charge in [-0.1, -0.05) is 30.7 Å². The van der Waals surface area contributed by atoms with Crippen molar-refractivity contribution in [2.24, 2.45) is 5.73 Å². The molecule has 0 aliphatic rings. The molecular formula is C18H27N5. The fourth-order valence-corrected chi connectivity index (χ4v) is 2.68. The Morgan fingerprint density at radius 3 is 2.61 bits per heavy atom. The fraction of sp³-hybridized carbons (Fsp3) is 0.444. The first-order valence-corrected chi connectivity index (χ1v) is 8.13. The van der Waals surface area contributed by atoms with Gasteiger partial charge in [0.1, 0.15) is 17.4 Å². The SMILES string of the molecule is Cc1ccccc1-c1[nH]c(CCCCCN(C)C)nc1C(=N)N. The summed E-state index contributed by atoms with van der Waals surface area (Å²) in [5.74, 6) is 0.927. The largest absolute Gasteiger partial charge is 0.382 e. The van der Waals surface area contributed by atoms with Crippen LogP contribution in [0.5, 0.6) is 0 Å². The van der Waals surface area contributed by atoms with Crippen LogP contribution in [-0.4, -0.2) is 41.3 Å². The Hall–Kier alpha value is -2.14. The van der Waals surface area contributed by atoms with Crippen molar-refractivity contribution in [3.8, 4) is 11.3 Å². The molecule has 0 bridgehead atoms. The average molecular weight is 313 g/mol. The van der Waals surface area contributed by atoms with E-state index in [1.165, 1.54) is 12.8 Å². The summed E-state index contributed by atoms with van der Waals surface area (Å²) in [4.78, 5) is 10.1. The highest BCUT2D eigenvalue weighted by molar-refractivity contribution is 5.99. The van der Waals surface area contributed by atoms with Crippen LogP contribution in [0.1, 0.15) is 36.3 Å². The van der Waals surface area contributed by atoms with Gasteiger partial charge in [-0.15, -0.1) is 0 Å². The van der Waals surface area contributed by atoms with Crippen LogP contribution in [0, 0.1) is 12.3 Å². The topological polar surface area (TPSA) is 81.8 Å². The van der Waals surface area contributed by atoms with Crippen molar-refractivity contribution in [2.45, 2.75) is 32.6 Å². The van der Waals surface area contributed by atoms with Crippen LogP contribution in [-0.2, 0) is 6.42 Å². The van der Waals surface area contributed by atoms with E-state index in [1.54, 1.807) is 0 Å². The van der Waals surface area contributed by atoms with E-state index in [0.717, 1.165) is 42.0 Å². The van der Waals surface area contributed by atoms with Crippen molar-refractivity contribution in [1.29, 1.82) is 5.41 Å². The number of aromatic nitrogens is 2. The van der Waals surface area contributed by atoms with Gasteiger partial charge in [0.25, 0.3) is 0 Å². The fourth-order valence-electron chi connectivity index (χ4n) is 2.68. The lowest BCUT2D eigenvalue weighted by Gasteiger charge is -2.08. The summed E-state index contributed by atoms with van der Waals surface area (Å²) in [5.41, 5.74) is 9.35. The Morgan fingerprint density at radius 2 is 1.96 bits per heavy atom. The van der Waals surface area contributed by atoms with Gasteiger partial charge in [-0.25, -0.2) is 4.98 Å². The minimum Gasteiger partial charge on any atom is -0.382 e. The molecule has 0 saturated carbocycles. The first-order valence-electron chi connectivity index (χ1n) is 8.13. The van der Waals surface area contributed by atoms with Crippen LogP contribution in [0.2, 0.25) is 0 Å². The van der Waals surface area contributed by atoms with E-state index in [-0.39, 0.29) is 5.84 Å². The molecule has 5 nitrogen and oxygen atoms in total. The molecule has 1 aromatic carbocycles. The zero-order chi connectivity index (χ0) is 16.8. The van der Waals surface area contributed by atoms with Gasteiger partial charge in [-0.3, -0.25) is 5.41 Å². The zero-order valence-corrected chi connectivity index (χ0v) is 14.3. The number of nitrogens with zero attached hydrogens (tertiary/aromatic N) is 2. The number of nitrogens with two attached hydrogens (primary N) is 1. The molecule has 0 aliphatic carbocycles.